The smallest absolute Gasteiger partial charge is 0.321 e. The van der Waals surface area contributed by atoms with Gasteiger partial charge in [-0.3, -0.25) is 9.46 Å². The predicted molar refractivity (Wildman–Crippen MR) is 38.5 cm³/mol. The quantitative estimate of drug-likeness (QED) is 0.501. The molecule has 1 aliphatic rings. The van der Waals surface area contributed by atoms with Crippen molar-refractivity contribution in [1.82, 2.24) is 4.67 Å². The van der Waals surface area contributed by atoms with Gasteiger partial charge in [-0.15, -0.1) is 0 Å². The molecular formula is C5H10NO3P. The first kappa shape index (κ1) is 7.92. The van der Waals surface area contributed by atoms with Crippen LogP contribution >= 0.6 is 9.39 Å². The van der Waals surface area contributed by atoms with Gasteiger partial charge in [0.2, 0.25) is 0 Å². The molecule has 0 aromatic rings. The number of hydrogen-bond donors (Lipinski definition) is 2. The molecule has 1 rings (SSSR count). The lowest BCUT2D eigenvalue weighted by molar-refractivity contribution is -0.140. The highest BCUT2D eigenvalue weighted by atomic mass is 31.0. The second-order valence-corrected chi connectivity index (χ2v) is 3.10. The molecule has 0 radical (unpaired) electrons. The van der Waals surface area contributed by atoms with Gasteiger partial charge in [-0.2, -0.15) is 0 Å². The van der Waals surface area contributed by atoms with E-state index in [2.05, 4.69) is 9.39 Å². The van der Waals surface area contributed by atoms with Crippen molar-refractivity contribution in [3.63, 3.8) is 0 Å². The standard InChI is InChI=1S/C5H10NO3P/c7-3-1-4(5(8)9)6(10)2-3/h3-4,7H,1-2,10H2,(H,8,9)/t3?,4-/m0/s1. The monoisotopic (exact) mass is 163 g/mol. The molecule has 10 heavy (non-hydrogen) atoms. The summed E-state index contributed by atoms with van der Waals surface area (Å²) in [6.45, 7) is 0.432. The summed E-state index contributed by atoms with van der Waals surface area (Å²) in [6, 6.07) is -0.528. The molecular weight excluding hydrogens is 153 g/mol. The van der Waals surface area contributed by atoms with E-state index in [9.17, 15) is 4.79 Å². The van der Waals surface area contributed by atoms with E-state index >= 15 is 0 Å². The maximum Gasteiger partial charge on any atom is 0.321 e. The Morgan fingerprint density at radius 3 is 2.50 bits per heavy atom. The van der Waals surface area contributed by atoms with Gasteiger partial charge in [0.15, 0.2) is 0 Å². The van der Waals surface area contributed by atoms with Gasteiger partial charge < -0.3 is 10.2 Å². The topological polar surface area (TPSA) is 60.8 Å². The van der Waals surface area contributed by atoms with Gasteiger partial charge in [0.05, 0.1) is 6.10 Å². The van der Waals surface area contributed by atoms with Gasteiger partial charge in [-0.1, -0.05) is 9.39 Å². The third-order valence-electron chi connectivity index (χ3n) is 1.60. The van der Waals surface area contributed by atoms with Crippen LogP contribution in [0.2, 0.25) is 0 Å². The Morgan fingerprint density at radius 1 is 1.70 bits per heavy atom. The normalized spacial score (nSPS) is 34.6. The first-order valence-electron chi connectivity index (χ1n) is 3.03. The largest absolute Gasteiger partial charge is 0.480 e. The lowest BCUT2D eigenvalue weighted by Gasteiger charge is -2.12. The molecule has 0 spiro atoms. The maximum atomic E-state index is 10.4. The minimum atomic E-state index is -0.869. The Morgan fingerprint density at radius 2 is 2.30 bits per heavy atom. The van der Waals surface area contributed by atoms with Gasteiger partial charge >= 0.3 is 5.97 Å². The number of hydrogen-bond acceptors (Lipinski definition) is 3. The molecule has 0 amide bonds. The van der Waals surface area contributed by atoms with E-state index in [4.69, 9.17) is 10.2 Å². The van der Waals surface area contributed by atoms with Crippen LogP contribution in [-0.2, 0) is 4.79 Å². The Hall–Kier alpha value is -0.180. The van der Waals surface area contributed by atoms with Crippen LogP contribution in [0, 0.1) is 0 Å². The molecule has 1 saturated heterocycles. The van der Waals surface area contributed by atoms with Gasteiger partial charge in [-0.25, -0.2) is 0 Å². The van der Waals surface area contributed by atoms with Crippen LogP contribution in [0.1, 0.15) is 6.42 Å². The maximum absolute atomic E-state index is 10.4. The van der Waals surface area contributed by atoms with Crippen LogP contribution in [0.5, 0.6) is 0 Å². The molecule has 0 bridgehead atoms. The van der Waals surface area contributed by atoms with E-state index in [1.165, 1.54) is 0 Å². The summed E-state index contributed by atoms with van der Waals surface area (Å²) in [7, 11) is 2.30. The first-order valence-corrected chi connectivity index (χ1v) is 3.55. The summed E-state index contributed by atoms with van der Waals surface area (Å²) in [6.07, 6.45) is -0.155. The number of rotatable bonds is 1. The Balaban J connectivity index is 2.54. The fraction of sp³-hybridized carbons (Fsp3) is 0.800. The first-order chi connectivity index (χ1) is 4.61. The summed E-state index contributed by atoms with van der Waals surface area (Å²) < 4.78 is 1.56. The average Bonchev–Trinajstić information content (AvgIpc) is 2.10. The average molecular weight is 163 g/mol. The number of carbonyl (C=O) groups is 1. The summed E-state index contributed by atoms with van der Waals surface area (Å²) in [5, 5.41) is 17.5. The number of carboxylic acid groups (broad SMARTS) is 1. The van der Waals surface area contributed by atoms with Crippen molar-refractivity contribution in [3.8, 4) is 0 Å². The van der Waals surface area contributed by atoms with Crippen LogP contribution < -0.4 is 0 Å². The van der Waals surface area contributed by atoms with Gasteiger partial charge in [0.25, 0.3) is 0 Å². The number of β-amino-alcohol motifs (C(OH)–C–C–N with tert-alkyl or cyclic N) is 1. The molecule has 0 aromatic carbocycles. The number of aliphatic hydroxyl groups excluding tert-OH is 1. The zero-order chi connectivity index (χ0) is 7.72. The second kappa shape index (κ2) is 2.82. The molecule has 2 N–H and O–H groups in total. The number of aliphatic hydroxyl groups is 1. The molecule has 1 aliphatic heterocycles. The lowest BCUT2D eigenvalue weighted by atomic mass is 10.2. The fourth-order valence-corrected chi connectivity index (χ4v) is 1.57. The third-order valence-corrected chi connectivity index (χ3v) is 2.17. The molecule has 5 heteroatoms. The SMILES string of the molecule is O=C(O)[C@@H]1CC(O)CN1P. The third kappa shape index (κ3) is 1.45. The molecule has 3 atom stereocenters. The van der Waals surface area contributed by atoms with E-state index in [0.29, 0.717) is 13.0 Å². The summed E-state index contributed by atoms with van der Waals surface area (Å²) in [5.41, 5.74) is 0. The van der Waals surface area contributed by atoms with Crippen molar-refractivity contribution in [2.24, 2.45) is 0 Å². The molecule has 0 aliphatic carbocycles. The Labute approximate surface area is 61.1 Å². The molecule has 58 valence electrons. The van der Waals surface area contributed by atoms with Crippen LogP contribution in [-0.4, -0.2) is 39.5 Å². The molecule has 0 aromatic heterocycles. The predicted octanol–water partition coefficient (Wildman–Crippen LogP) is -0.704. The zero-order valence-corrected chi connectivity index (χ0v) is 6.55. The van der Waals surface area contributed by atoms with Gasteiger partial charge in [0, 0.05) is 13.0 Å². The molecule has 4 nitrogen and oxygen atoms in total. The highest BCUT2D eigenvalue weighted by Gasteiger charge is 2.33. The van der Waals surface area contributed by atoms with Gasteiger partial charge in [-0.05, 0) is 0 Å². The van der Waals surface area contributed by atoms with Crippen molar-refractivity contribution in [2.45, 2.75) is 18.6 Å². The number of aliphatic carboxylic acids is 1. The zero-order valence-electron chi connectivity index (χ0n) is 5.40. The highest BCUT2D eigenvalue weighted by Crippen LogP contribution is 2.21. The van der Waals surface area contributed by atoms with Crippen molar-refractivity contribution >= 4 is 15.4 Å². The van der Waals surface area contributed by atoms with E-state index < -0.39 is 18.1 Å². The van der Waals surface area contributed by atoms with E-state index in [0.717, 1.165) is 0 Å². The number of carboxylic acids is 1. The Bertz CT molecular complexity index is 152. The number of nitrogens with zero attached hydrogens (tertiary/aromatic N) is 1. The van der Waals surface area contributed by atoms with Crippen molar-refractivity contribution < 1.29 is 15.0 Å². The van der Waals surface area contributed by atoms with Crippen molar-refractivity contribution in [1.29, 1.82) is 0 Å². The molecule has 1 fully saturated rings. The van der Waals surface area contributed by atoms with Crippen LogP contribution in [0.15, 0.2) is 0 Å². The second-order valence-electron chi connectivity index (χ2n) is 2.44. The minimum Gasteiger partial charge on any atom is -0.480 e. The highest BCUT2D eigenvalue weighted by molar-refractivity contribution is 7.13. The van der Waals surface area contributed by atoms with Crippen LogP contribution in [0.4, 0.5) is 0 Å². The molecule has 2 unspecified atom stereocenters. The minimum absolute atomic E-state index is 0.332. The lowest BCUT2D eigenvalue weighted by Crippen LogP contribution is -2.28. The molecule has 0 saturated carbocycles. The van der Waals surface area contributed by atoms with Crippen molar-refractivity contribution in [3.05, 3.63) is 0 Å². The Kier molecular flexibility index (Phi) is 2.24. The van der Waals surface area contributed by atoms with Crippen LogP contribution in [0.3, 0.4) is 0 Å². The molecule has 1 heterocycles. The fourth-order valence-electron chi connectivity index (χ4n) is 1.08. The van der Waals surface area contributed by atoms with Crippen molar-refractivity contribution in [2.75, 3.05) is 6.54 Å². The van der Waals surface area contributed by atoms with Gasteiger partial charge in [0.1, 0.15) is 6.04 Å². The van der Waals surface area contributed by atoms with E-state index in [1.54, 1.807) is 4.67 Å². The van der Waals surface area contributed by atoms with Crippen LogP contribution in [0.25, 0.3) is 0 Å². The summed E-state index contributed by atoms with van der Waals surface area (Å²) >= 11 is 0. The summed E-state index contributed by atoms with van der Waals surface area (Å²) in [4.78, 5) is 10.4. The summed E-state index contributed by atoms with van der Waals surface area (Å²) in [5.74, 6) is -0.869. The van der Waals surface area contributed by atoms with E-state index in [1.807, 2.05) is 0 Å². The van der Waals surface area contributed by atoms with E-state index in [-0.39, 0.29) is 0 Å².